The van der Waals surface area contributed by atoms with Crippen LogP contribution in [-0.2, 0) is 6.42 Å². The van der Waals surface area contributed by atoms with Gasteiger partial charge in [-0.3, -0.25) is 0 Å². The number of aromatic nitrogens is 2. The highest BCUT2D eigenvalue weighted by molar-refractivity contribution is 5.37. The van der Waals surface area contributed by atoms with Crippen molar-refractivity contribution in [1.82, 2.24) is 15.3 Å². The van der Waals surface area contributed by atoms with Gasteiger partial charge in [0.05, 0.1) is 0 Å². The first-order valence-corrected chi connectivity index (χ1v) is 8.37. The van der Waals surface area contributed by atoms with E-state index >= 15 is 0 Å². The summed E-state index contributed by atoms with van der Waals surface area (Å²) in [6, 6.07) is 0. The highest BCUT2D eigenvalue weighted by Crippen LogP contribution is 2.19. The van der Waals surface area contributed by atoms with E-state index in [0.717, 1.165) is 49.9 Å². The van der Waals surface area contributed by atoms with E-state index in [2.05, 4.69) is 37.9 Å². The van der Waals surface area contributed by atoms with E-state index in [1.165, 1.54) is 24.8 Å². The van der Waals surface area contributed by atoms with Gasteiger partial charge in [-0.1, -0.05) is 13.8 Å². The Kier molecular flexibility index (Phi) is 5.97. The van der Waals surface area contributed by atoms with Crippen molar-refractivity contribution in [3.05, 3.63) is 17.0 Å². The molecule has 1 saturated heterocycles. The molecule has 1 aromatic heterocycles. The molecular weight excluding hydrogens is 260 g/mol. The molecule has 0 unspecified atom stereocenters. The lowest BCUT2D eigenvalue weighted by molar-refractivity contribution is 0.551. The summed E-state index contributed by atoms with van der Waals surface area (Å²) in [5.41, 5.74) is 3.61. The maximum atomic E-state index is 4.76. The van der Waals surface area contributed by atoms with Crippen LogP contribution in [0, 0.1) is 19.8 Å². The maximum absolute atomic E-state index is 4.76. The van der Waals surface area contributed by atoms with Crippen LogP contribution in [0.2, 0.25) is 0 Å². The molecular formula is C17H30N4. The fourth-order valence-electron chi connectivity index (χ4n) is 2.92. The summed E-state index contributed by atoms with van der Waals surface area (Å²) < 4.78 is 0. The summed E-state index contributed by atoms with van der Waals surface area (Å²) in [4.78, 5) is 11.9. The van der Waals surface area contributed by atoms with Gasteiger partial charge in [-0.2, -0.15) is 0 Å². The molecule has 118 valence electrons. The van der Waals surface area contributed by atoms with E-state index in [4.69, 9.17) is 9.97 Å². The molecule has 0 atom stereocenters. The van der Waals surface area contributed by atoms with Gasteiger partial charge in [-0.15, -0.1) is 0 Å². The summed E-state index contributed by atoms with van der Waals surface area (Å²) >= 11 is 0. The Labute approximate surface area is 129 Å². The first-order chi connectivity index (χ1) is 10.1. The van der Waals surface area contributed by atoms with E-state index in [1.54, 1.807) is 0 Å². The fraction of sp³-hybridized carbons (Fsp3) is 0.765. The van der Waals surface area contributed by atoms with Crippen LogP contribution in [0.3, 0.4) is 0 Å². The third kappa shape index (κ3) is 4.67. The molecule has 0 bridgehead atoms. The standard InChI is InChI=1S/C17H30N4/c1-13(2)12-18-9-8-16-14(3)19-17(20-15(16)4)21-10-6-5-7-11-21/h13,18H,5-12H2,1-4H3. The predicted molar refractivity (Wildman–Crippen MR) is 89.0 cm³/mol. The summed E-state index contributed by atoms with van der Waals surface area (Å²) in [5, 5.41) is 3.50. The molecule has 1 fully saturated rings. The Bertz CT molecular complexity index is 427. The van der Waals surface area contributed by atoms with Gasteiger partial charge in [0.25, 0.3) is 0 Å². The highest BCUT2D eigenvalue weighted by atomic mass is 15.3. The topological polar surface area (TPSA) is 41.1 Å². The lowest BCUT2D eigenvalue weighted by atomic mass is 10.1. The molecule has 0 aromatic carbocycles. The highest BCUT2D eigenvalue weighted by Gasteiger charge is 2.16. The molecule has 0 aliphatic carbocycles. The number of hydrogen-bond acceptors (Lipinski definition) is 4. The third-order valence-electron chi connectivity index (χ3n) is 4.15. The average molecular weight is 290 g/mol. The van der Waals surface area contributed by atoms with Gasteiger partial charge in [0.1, 0.15) is 0 Å². The average Bonchev–Trinajstić information content (AvgIpc) is 2.46. The minimum atomic E-state index is 0.699. The van der Waals surface area contributed by atoms with Crippen LogP contribution in [0.25, 0.3) is 0 Å². The molecule has 1 aromatic rings. The number of nitrogens with zero attached hydrogens (tertiary/aromatic N) is 3. The van der Waals surface area contributed by atoms with Crippen molar-refractivity contribution < 1.29 is 0 Å². The van der Waals surface area contributed by atoms with Crippen molar-refractivity contribution >= 4 is 5.95 Å². The van der Waals surface area contributed by atoms with Gasteiger partial charge in [0.15, 0.2) is 0 Å². The van der Waals surface area contributed by atoms with Crippen LogP contribution in [0.5, 0.6) is 0 Å². The van der Waals surface area contributed by atoms with Gasteiger partial charge < -0.3 is 10.2 Å². The van der Waals surface area contributed by atoms with Crippen molar-refractivity contribution in [2.45, 2.75) is 53.4 Å². The van der Waals surface area contributed by atoms with E-state index in [9.17, 15) is 0 Å². The number of rotatable bonds is 6. The number of anilines is 1. The minimum absolute atomic E-state index is 0.699. The lowest BCUT2D eigenvalue weighted by Crippen LogP contribution is -2.31. The molecule has 0 saturated carbocycles. The number of nitrogens with one attached hydrogen (secondary N) is 1. The number of aryl methyl sites for hydroxylation is 2. The van der Waals surface area contributed by atoms with Crippen LogP contribution >= 0.6 is 0 Å². The lowest BCUT2D eigenvalue weighted by Gasteiger charge is -2.27. The molecule has 0 spiro atoms. The second kappa shape index (κ2) is 7.74. The van der Waals surface area contributed by atoms with Gasteiger partial charge >= 0.3 is 0 Å². The predicted octanol–water partition coefficient (Wildman–Crippen LogP) is 2.87. The largest absolute Gasteiger partial charge is 0.341 e. The van der Waals surface area contributed by atoms with Crippen molar-refractivity contribution in [3.8, 4) is 0 Å². The summed E-state index contributed by atoms with van der Waals surface area (Å²) in [6.45, 7) is 13.0. The maximum Gasteiger partial charge on any atom is 0.225 e. The molecule has 2 rings (SSSR count). The Morgan fingerprint density at radius 3 is 2.24 bits per heavy atom. The quantitative estimate of drug-likeness (QED) is 0.818. The molecule has 1 aliphatic heterocycles. The summed E-state index contributed by atoms with van der Waals surface area (Å²) in [5.74, 6) is 1.63. The minimum Gasteiger partial charge on any atom is -0.341 e. The van der Waals surface area contributed by atoms with E-state index in [-0.39, 0.29) is 0 Å². The van der Waals surface area contributed by atoms with Crippen molar-refractivity contribution in [3.63, 3.8) is 0 Å². The van der Waals surface area contributed by atoms with Crippen LogP contribution in [0.4, 0.5) is 5.95 Å². The first-order valence-electron chi connectivity index (χ1n) is 8.37. The number of hydrogen-bond donors (Lipinski definition) is 1. The fourth-order valence-corrected chi connectivity index (χ4v) is 2.92. The third-order valence-corrected chi connectivity index (χ3v) is 4.15. The molecule has 21 heavy (non-hydrogen) atoms. The van der Waals surface area contributed by atoms with E-state index in [1.807, 2.05) is 0 Å². The Morgan fingerprint density at radius 2 is 1.67 bits per heavy atom. The zero-order chi connectivity index (χ0) is 15.2. The molecule has 1 N–H and O–H groups in total. The van der Waals surface area contributed by atoms with Gasteiger partial charge in [0, 0.05) is 24.5 Å². The first kappa shape index (κ1) is 16.2. The van der Waals surface area contributed by atoms with Crippen molar-refractivity contribution in [2.24, 2.45) is 5.92 Å². The second-order valence-electron chi connectivity index (χ2n) is 6.57. The zero-order valence-corrected chi connectivity index (χ0v) is 14.1. The van der Waals surface area contributed by atoms with E-state index in [0.29, 0.717) is 5.92 Å². The molecule has 2 heterocycles. The second-order valence-corrected chi connectivity index (χ2v) is 6.57. The van der Waals surface area contributed by atoms with E-state index < -0.39 is 0 Å². The number of piperidine rings is 1. The van der Waals surface area contributed by atoms with Crippen LogP contribution in [0.1, 0.15) is 50.1 Å². The Hall–Kier alpha value is -1.16. The van der Waals surface area contributed by atoms with Gasteiger partial charge in [-0.25, -0.2) is 9.97 Å². The van der Waals surface area contributed by atoms with Crippen molar-refractivity contribution in [2.75, 3.05) is 31.1 Å². The Balaban J connectivity index is 1.99. The van der Waals surface area contributed by atoms with Crippen molar-refractivity contribution in [1.29, 1.82) is 0 Å². The molecule has 1 aliphatic rings. The van der Waals surface area contributed by atoms with Gasteiger partial charge in [-0.05, 0) is 64.1 Å². The normalized spacial score (nSPS) is 15.8. The molecule has 0 amide bonds. The zero-order valence-electron chi connectivity index (χ0n) is 14.1. The molecule has 0 radical (unpaired) electrons. The SMILES string of the molecule is Cc1nc(N2CCCCC2)nc(C)c1CCNCC(C)C. The summed E-state index contributed by atoms with van der Waals surface area (Å²) in [7, 11) is 0. The van der Waals surface area contributed by atoms with Crippen LogP contribution in [-0.4, -0.2) is 36.1 Å². The monoisotopic (exact) mass is 290 g/mol. The van der Waals surface area contributed by atoms with Crippen LogP contribution < -0.4 is 10.2 Å². The molecule has 4 heteroatoms. The molecule has 4 nitrogen and oxygen atoms in total. The smallest absolute Gasteiger partial charge is 0.225 e. The summed E-state index contributed by atoms with van der Waals surface area (Å²) in [6.07, 6.45) is 4.89. The van der Waals surface area contributed by atoms with Gasteiger partial charge in [0.2, 0.25) is 5.95 Å². The van der Waals surface area contributed by atoms with Crippen LogP contribution in [0.15, 0.2) is 0 Å². The Morgan fingerprint density at radius 1 is 1.05 bits per heavy atom.